The summed E-state index contributed by atoms with van der Waals surface area (Å²) < 4.78 is 31.4. The number of halogens is 2. The summed E-state index contributed by atoms with van der Waals surface area (Å²) >= 11 is 0. The fourth-order valence-corrected chi connectivity index (χ4v) is 2.39. The molecule has 6 heteroatoms. The molecule has 0 aromatic heterocycles. The zero-order chi connectivity index (χ0) is 17.7. The van der Waals surface area contributed by atoms with Gasteiger partial charge in [0.25, 0.3) is 0 Å². The fourth-order valence-electron chi connectivity index (χ4n) is 2.39. The second-order valence-electron chi connectivity index (χ2n) is 5.75. The number of carbonyl (C=O) groups is 2. The lowest BCUT2D eigenvalue weighted by Crippen LogP contribution is -2.40. The SMILES string of the molecule is C=C(C)C(=O)OC1CCN(C(=O)/C=C/c2cc(F)cc(F)c2)CC1. The number of likely N-dealkylation sites (tertiary alicyclic amines) is 1. The molecule has 4 nitrogen and oxygen atoms in total. The van der Waals surface area contributed by atoms with Crippen molar-refractivity contribution in [3.63, 3.8) is 0 Å². The number of nitrogens with zero attached hydrogens (tertiary/aromatic N) is 1. The van der Waals surface area contributed by atoms with Crippen LogP contribution in [0.1, 0.15) is 25.3 Å². The monoisotopic (exact) mass is 335 g/mol. The lowest BCUT2D eigenvalue weighted by molar-refractivity contribution is -0.147. The average Bonchev–Trinajstić information content (AvgIpc) is 2.52. The minimum absolute atomic E-state index is 0.223. The van der Waals surface area contributed by atoms with Gasteiger partial charge in [-0.05, 0) is 30.7 Å². The number of hydrogen-bond acceptors (Lipinski definition) is 3. The summed E-state index contributed by atoms with van der Waals surface area (Å²) in [5.74, 6) is -2.05. The molecule has 2 rings (SSSR count). The van der Waals surface area contributed by atoms with Crippen molar-refractivity contribution < 1.29 is 23.1 Å². The number of carbonyl (C=O) groups excluding carboxylic acids is 2. The van der Waals surface area contributed by atoms with E-state index in [1.54, 1.807) is 11.8 Å². The maximum atomic E-state index is 13.1. The summed E-state index contributed by atoms with van der Waals surface area (Å²) in [6, 6.07) is 3.07. The Hall–Kier alpha value is -2.50. The number of ether oxygens (including phenoxy) is 1. The molecule has 1 fully saturated rings. The molecule has 0 N–H and O–H groups in total. The number of rotatable bonds is 4. The summed E-state index contributed by atoms with van der Waals surface area (Å²) in [4.78, 5) is 25.2. The van der Waals surface area contributed by atoms with Crippen LogP contribution < -0.4 is 0 Å². The van der Waals surface area contributed by atoms with Gasteiger partial charge in [-0.2, -0.15) is 0 Å². The number of hydrogen-bond donors (Lipinski definition) is 0. The van der Waals surface area contributed by atoms with Gasteiger partial charge in [-0.15, -0.1) is 0 Å². The fraction of sp³-hybridized carbons (Fsp3) is 0.333. The van der Waals surface area contributed by atoms with Crippen LogP contribution in [0.5, 0.6) is 0 Å². The highest BCUT2D eigenvalue weighted by atomic mass is 19.1. The first kappa shape index (κ1) is 17.8. The van der Waals surface area contributed by atoms with E-state index in [0.717, 1.165) is 18.2 Å². The average molecular weight is 335 g/mol. The van der Waals surface area contributed by atoms with Crippen molar-refractivity contribution in [2.75, 3.05) is 13.1 Å². The largest absolute Gasteiger partial charge is 0.459 e. The molecule has 0 spiro atoms. The Bertz CT molecular complexity index is 657. The third-order valence-electron chi connectivity index (χ3n) is 3.68. The van der Waals surface area contributed by atoms with Gasteiger partial charge in [0.2, 0.25) is 5.91 Å². The molecule has 0 unspecified atom stereocenters. The van der Waals surface area contributed by atoms with E-state index in [0.29, 0.717) is 31.5 Å². The van der Waals surface area contributed by atoms with Crippen LogP contribution in [0.15, 0.2) is 36.4 Å². The van der Waals surface area contributed by atoms with Crippen molar-refractivity contribution in [1.29, 1.82) is 0 Å². The first-order valence-corrected chi connectivity index (χ1v) is 7.64. The van der Waals surface area contributed by atoms with Gasteiger partial charge < -0.3 is 9.64 Å². The minimum Gasteiger partial charge on any atom is -0.459 e. The summed E-state index contributed by atoms with van der Waals surface area (Å²) in [5.41, 5.74) is 0.630. The molecule has 1 amide bonds. The van der Waals surface area contributed by atoms with E-state index in [1.165, 1.54) is 12.2 Å². The highest BCUT2D eigenvalue weighted by molar-refractivity contribution is 5.92. The summed E-state index contributed by atoms with van der Waals surface area (Å²) in [6.45, 7) is 6.02. The molecule has 0 saturated carbocycles. The van der Waals surface area contributed by atoms with E-state index < -0.39 is 17.6 Å². The molecule has 0 aliphatic carbocycles. The van der Waals surface area contributed by atoms with Crippen molar-refractivity contribution in [2.24, 2.45) is 0 Å². The lowest BCUT2D eigenvalue weighted by atomic mass is 10.1. The second-order valence-corrected chi connectivity index (χ2v) is 5.75. The molecular weight excluding hydrogens is 316 g/mol. The van der Waals surface area contributed by atoms with Gasteiger partial charge in [-0.25, -0.2) is 13.6 Å². The predicted molar refractivity (Wildman–Crippen MR) is 85.9 cm³/mol. The van der Waals surface area contributed by atoms with E-state index in [4.69, 9.17) is 4.74 Å². The van der Waals surface area contributed by atoms with Gasteiger partial charge >= 0.3 is 5.97 Å². The van der Waals surface area contributed by atoms with Crippen LogP contribution in [0.3, 0.4) is 0 Å². The second kappa shape index (κ2) is 7.86. The van der Waals surface area contributed by atoms with E-state index >= 15 is 0 Å². The number of esters is 1. The number of piperidine rings is 1. The Morgan fingerprint density at radius 2 is 1.79 bits per heavy atom. The maximum absolute atomic E-state index is 13.1. The molecule has 1 aliphatic rings. The Balaban J connectivity index is 1.87. The third kappa shape index (κ3) is 5.01. The van der Waals surface area contributed by atoms with Crippen LogP contribution in [-0.4, -0.2) is 36.0 Å². The summed E-state index contributed by atoms with van der Waals surface area (Å²) in [5, 5.41) is 0. The molecule has 0 radical (unpaired) electrons. The zero-order valence-corrected chi connectivity index (χ0v) is 13.4. The van der Waals surface area contributed by atoms with Gasteiger partial charge in [0.05, 0.1) is 0 Å². The minimum atomic E-state index is -0.692. The van der Waals surface area contributed by atoms with Crippen LogP contribution in [-0.2, 0) is 14.3 Å². The van der Waals surface area contributed by atoms with Crippen LogP contribution >= 0.6 is 0 Å². The Morgan fingerprint density at radius 3 is 2.33 bits per heavy atom. The van der Waals surface area contributed by atoms with E-state index in [1.807, 2.05) is 0 Å². The third-order valence-corrected chi connectivity index (χ3v) is 3.68. The highest BCUT2D eigenvalue weighted by Gasteiger charge is 2.24. The van der Waals surface area contributed by atoms with Crippen LogP contribution in [0.25, 0.3) is 6.08 Å². The van der Waals surface area contributed by atoms with Gasteiger partial charge in [-0.1, -0.05) is 6.58 Å². The van der Waals surface area contributed by atoms with Crippen molar-refractivity contribution in [3.8, 4) is 0 Å². The van der Waals surface area contributed by atoms with Gasteiger partial charge in [0.1, 0.15) is 17.7 Å². The molecule has 24 heavy (non-hydrogen) atoms. The summed E-state index contributed by atoms with van der Waals surface area (Å²) in [7, 11) is 0. The van der Waals surface area contributed by atoms with Crippen molar-refractivity contribution in [3.05, 3.63) is 53.6 Å². The van der Waals surface area contributed by atoms with Crippen LogP contribution in [0.4, 0.5) is 8.78 Å². The first-order chi connectivity index (χ1) is 11.3. The van der Waals surface area contributed by atoms with Gasteiger partial charge in [0, 0.05) is 43.6 Å². The van der Waals surface area contributed by atoms with E-state index in [-0.39, 0.29) is 17.6 Å². The standard InChI is InChI=1S/C18H19F2NO3/c1-12(2)18(23)24-16-5-7-21(8-6-16)17(22)4-3-13-9-14(19)11-15(20)10-13/h3-4,9-11,16H,1,5-8H2,2H3/b4-3+. The quantitative estimate of drug-likeness (QED) is 0.627. The smallest absolute Gasteiger partial charge is 0.333 e. The number of benzene rings is 1. The molecule has 128 valence electrons. The molecule has 1 aliphatic heterocycles. The lowest BCUT2D eigenvalue weighted by Gasteiger charge is -2.31. The van der Waals surface area contributed by atoms with E-state index in [9.17, 15) is 18.4 Å². The number of amides is 1. The van der Waals surface area contributed by atoms with Crippen molar-refractivity contribution in [2.45, 2.75) is 25.9 Å². The van der Waals surface area contributed by atoms with Gasteiger partial charge in [0.15, 0.2) is 0 Å². The Labute approximate surface area is 139 Å². The molecule has 1 heterocycles. The molecule has 0 atom stereocenters. The molecule has 0 bridgehead atoms. The Kier molecular flexibility index (Phi) is 5.84. The van der Waals surface area contributed by atoms with Gasteiger partial charge in [-0.3, -0.25) is 4.79 Å². The highest BCUT2D eigenvalue weighted by Crippen LogP contribution is 2.16. The molecule has 1 aromatic carbocycles. The summed E-state index contributed by atoms with van der Waals surface area (Å²) in [6.07, 6.45) is 3.54. The van der Waals surface area contributed by atoms with Crippen LogP contribution in [0.2, 0.25) is 0 Å². The zero-order valence-electron chi connectivity index (χ0n) is 13.4. The first-order valence-electron chi connectivity index (χ1n) is 7.64. The molecule has 1 aromatic rings. The normalized spacial score (nSPS) is 15.5. The van der Waals surface area contributed by atoms with Crippen molar-refractivity contribution >= 4 is 18.0 Å². The van der Waals surface area contributed by atoms with Crippen molar-refractivity contribution in [1.82, 2.24) is 4.90 Å². The Morgan fingerprint density at radius 1 is 1.21 bits per heavy atom. The molecular formula is C18H19F2NO3. The van der Waals surface area contributed by atoms with Crippen LogP contribution in [0, 0.1) is 11.6 Å². The van der Waals surface area contributed by atoms with E-state index in [2.05, 4.69) is 6.58 Å². The topological polar surface area (TPSA) is 46.6 Å². The molecule has 1 saturated heterocycles. The predicted octanol–water partition coefficient (Wildman–Crippen LogP) is 3.09. The maximum Gasteiger partial charge on any atom is 0.333 e.